The number of amides is 4. The van der Waals surface area contributed by atoms with E-state index in [4.69, 9.17) is 11.6 Å². The summed E-state index contributed by atoms with van der Waals surface area (Å²) in [4.78, 5) is 54.3. The third-order valence-corrected chi connectivity index (χ3v) is 7.09. The Morgan fingerprint density at radius 1 is 1.09 bits per heavy atom. The van der Waals surface area contributed by atoms with Gasteiger partial charge in [-0.25, -0.2) is 9.69 Å². The van der Waals surface area contributed by atoms with Crippen molar-refractivity contribution in [3.8, 4) is 0 Å². The fourth-order valence-corrected chi connectivity index (χ4v) is 5.57. The van der Waals surface area contributed by atoms with Gasteiger partial charge < -0.3 is 4.90 Å². The number of fused-ring (bicyclic) bond motifs is 4. The van der Waals surface area contributed by atoms with Crippen LogP contribution < -0.4 is 15.1 Å². The fourth-order valence-electron chi connectivity index (χ4n) is 5.39. The van der Waals surface area contributed by atoms with Crippen molar-refractivity contribution in [2.45, 2.75) is 38.1 Å². The highest BCUT2D eigenvalue weighted by atomic mass is 35.5. The van der Waals surface area contributed by atoms with E-state index in [-0.39, 0.29) is 17.8 Å². The number of anilines is 2. The molecule has 2 unspecified atom stereocenters. The van der Waals surface area contributed by atoms with Gasteiger partial charge in [-0.15, -0.1) is 0 Å². The second kappa shape index (κ2) is 7.84. The Labute approximate surface area is 194 Å². The predicted molar refractivity (Wildman–Crippen MR) is 121 cm³/mol. The minimum absolute atomic E-state index is 0.0276. The molecule has 5 rings (SSSR count). The van der Waals surface area contributed by atoms with Crippen molar-refractivity contribution in [3.05, 3.63) is 63.2 Å². The summed E-state index contributed by atoms with van der Waals surface area (Å²) in [5, 5.41) is 14.1. The number of imide groups is 2. The minimum Gasteiger partial charge on any atom is -0.367 e. The molecule has 0 aromatic heterocycles. The maximum Gasteiger partial charge on any atom is 0.335 e. The number of carbonyl (C=O) groups excluding carboxylic acids is 3. The van der Waals surface area contributed by atoms with Crippen molar-refractivity contribution in [3.63, 3.8) is 0 Å². The first-order chi connectivity index (χ1) is 15.8. The monoisotopic (exact) mass is 468 g/mol. The van der Waals surface area contributed by atoms with Crippen molar-refractivity contribution < 1.29 is 19.3 Å². The Morgan fingerprint density at radius 3 is 2.67 bits per heavy atom. The Kier molecular flexibility index (Phi) is 5.08. The van der Waals surface area contributed by atoms with Gasteiger partial charge in [-0.1, -0.05) is 30.5 Å². The highest BCUT2D eigenvalue weighted by molar-refractivity contribution is 6.33. The third kappa shape index (κ3) is 3.26. The summed E-state index contributed by atoms with van der Waals surface area (Å²) in [5.74, 6) is -1.29. The van der Waals surface area contributed by atoms with Gasteiger partial charge in [-0.05, 0) is 42.7 Å². The summed E-state index contributed by atoms with van der Waals surface area (Å²) < 4.78 is 0. The number of benzene rings is 2. The van der Waals surface area contributed by atoms with E-state index in [0.29, 0.717) is 23.6 Å². The molecule has 3 aliphatic rings. The Hall–Kier alpha value is -3.46. The van der Waals surface area contributed by atoms with Gasteiger partial charge in [0.2, 0.25) is 5.91 Å². The van der Waals surface area contributed by atoms with E-state index in [1.54, 1.807) is 24.3 Å². The average molecular weight is 469 g/mol. The number of urea groups is 1. The number of nitro benzene ring substituents is 1. The summed E-state index contributed by atoms with van der Waals surface area (Å²) in [6, 6.07) is 9.60. The summed E-state index contributed by atoms with van der Waals surface area (Å²) >= 11 is 6.10. The van der Waals surface area contributed by atoms with E-state index >= 15 is 0 Å². The van der Waals surface area contributed by atoms with E-state index in [0.717, 1.165) is 29.8 Å². The molecule has 2 atom stereocenters. The molecule has 0 bridgehead atoms. The highest BCUT2D eigenvalue weighted by Crippen LogP contribution is 2.48. The van der Waals surface area contributed by atoms with E-state index in [2.05, 4.69) is 5.32 Å². The van der Waals surface area contributed by atoms with E-state index in [9.17, 15) is 24.5 Å². The van der Waals surface area contributed by atoms with Gasteiger partial charge in [-0.2, -0.15) is 0 Å². The molecule has 1 N–H and O–H groups in total. The van der Waals surface area contributed by atoms with Gasteiger partial charge in [0.05, 0.1) is 16.7 Å². The SMILES string of the molecule is O=C1NC(=O)C2(Cc3cc([N+](=O)[O-])ccc3N3CCCCCC32)C(=O)N1c1cccc(Cl)c1. The molecular formula is C23H21ClN4O5. The third-order valence-electron chi connectivity index (χ3n) is 6.85. The Bertz CT molecular complexity index is 1200. The molecule has 10 heteroatoms. The molecule has 0 saturated carbocycles. The van der Waals surface area contributed by atoms with Crippen molar-refractivity contribution >= 4 is 46.5 Å². The van der Waals surface area contributed by atoms with Crippen LogP contribution in [0.25, 0.3) is 0 Å². The number of barbiturate groups is 1. The Balaban J connectivity index is 1.69. The van der Waals surface area contributed by atoms with Gasteiger partial charge in [0.25, 0.3) is 11.6 Å². The molecular weight excluding hydrogens is 448 g/mol. The van der Waals surface area contributed by atoms with Crippen LogP contribution in [0.4, 0.5) is 21.9 Å². The summed E-state index contributed by atoms with van der Waals surface area (Å²) in [7, 11) is 0. The Morgan fingerprint density at radius 2 is 1.91 bits per heavy atom. The number of nitro groups is 1. The molecule has 170 valence electrons. The normalized spacial score (nSPS) is 24.8. The van der Waals surface area contributed by atoms with Crippen LogP contribution in [0.3, 0.4) is 0 Å². The zero-order chi connectivity index (χ0) is 23.3. The first-order valence-corrected chi connectivity index (χ1v) is 11.2. The van der Waals surface area contributed by atoms with Crippen LogP contribution in [-0.4, -0.2) is 35.4 Å². The molecule has 0 radical (unpaired) electrons. The van der Waals surface area contributed by atoms with Crippen LogP contribution in [0.1, 0.15) is 31.2 Å². The molecule has 4 amide bonds. The maximum absolute atomic E-state index is 14.1. The minimum atomic E-state index is -1.59. The lowest BCUT2D eigenvalue weighted by molar-refractivity contribution is -0.384. The molecule has 2 aromatic rings. The molecule has 2 fully saturated rings. The highest BCUT2D eigenvalue weighted by Gasteiger charge is 2.62. The molecule has 0 aliphatic carbocycles. The second-order valence-electron chi connectivity index (χ2n) is 8.66. The van der Waals surface area contributed by atoms with Crippen LogP contribution in [0.15, 0.2) is 42.5 Å². The first-order valence-electron chi connectivity index (χ1n) is 10.8. The van der Waals surface area contributed by atoms with Crippen molar-refractivity contribution in [1.82, 2.24) is 5.32 Å². The largest absolute Gasteiger partial charge is 0.367 e. The lowest BCUT2D eigenvalue weighted by atomic mass is 9.67. The summed E-state index contributed by atoms with van der Waals surface area (Å²) in [6.07, 6.45) is 3.21. The van der Waals surface area contributed by atoms with E-state index in [1.807, 2.05) is 4.90 Å². The molecule has 9 nitrogen and oxygen atoms in total. The van der Waals surface area contributed by atoms with Gasteiger partial charge in [0.1, 0.15) is 0 Å². The number of rotatable bonds is 2. The van der Waals surface area contributed by atoms with Gasteiger partial charge in [0, 0.05) is 35.8 Å². The molecule has 3 aliphatic heterocycles. The van der Waals surface area contributed by atoms with Crippen molar-refractivity contribution in [2.24, 2.45) is 5.41 Å². The topological polar surface area (TPSA) is 113 Å². The average Bonchev–Trinajstić information content (AvgIpc) is 3.04. The van der Waals surface area contributed by atoms with Crippen LogP contribution in [-0.2, 0) is 16.0 Å². The smallest absolute Gasteiger partial charge is 0.335 e. The number of nitrogens with zero attached hydrogens (tertiary/aromatic N) is 3. The van der Waals surface area contributed by atoms with Crippen LogP contribution >= 0.6 is 11.6 Å². The number of non-ortho nitro benzene ring substituents is 1. The molecule has 1 spiro atoms. The molecule has 33 heavy (non-hydrogen) atoms. The van der Waals surface area contributed by atoms with Crippen LogP contribution in [0.2, 0.25) is 5.02 Å². The number of hydrogen-bond donors (Lipinski definition) is 1. The number of hydrogen-bond acceptors (Lipinski definition) is 6. The van der Waals surface area contributed by atoms with E-state index in [1.165, 1.54) is 18.2 Å². The van der Waals surface area contributed by atoms with Crippen molar-refractivity contribution in [2.75, 3.05) is 16.3 Å². The number of halogens is 1. The van der Waals surface area contributed by atoms with Gasteiger partial charge >= 0.3 is 6.03 Å². The zero-order valence-corrected chi connectivity index (χ0v) is 18.4. The molecule has 3 heterocycles. The summed E-state index contributed by atoms with van der Waals surface area (Å²) in [5.41, 5.74) is -0.0929. The van der Waals surface area contributed by atoms with Crippen LogP contribution in [0.5, 0.6) is 0 Å². The van der Waals surface area contributed by atoms with Gasteiger partial charge in [0.15, 0.2) is 5.41 Å². The van der Waals surface area contributed by atoms with E-state index < -0.39 is 34.2 Å². The van der Waals surface area contributed by atoms with Gasteiger partial charge in [-0.3, -0.25) is 25.0 Å². The molecule has 2 saturated heterocycles. The quantitative estimate of drug-likeness (QED) is 0.407. The van der Waals surface area contributed by atoms with Crippen LogP contribution in [0, 0.1) is 15.5 Å². The number of nitrogens with one attached hydrogen (secondary N) is 1. The zero-order valence-electron chi connectivity index (χ0n) is 17.6. The first kappa shape index (κ1) is 21.4. The standard InChI is InChI=1S/C23H21ClN4O5/c24-15-5-4-6-16(12-15)27-21(30)23(20(29)25-22(27)31)13-14-11-17(28(32)33)8-9-18(14)26-10-3-1-2-7-19(23)26/h4-6,8-9,11-12,19H,1-3,7,10,13H2,(H,25,29,31). The maximum atomic E-state index is 14.1. The molecule has 2 aromatic carbocycles. The summed E-state index contributed by atoms with van der Waals surface area (Å²) in [6.45, 7) is 0.614. The predicted octanol–water partition coefficient (Wildman–Crippen LogP) is 3.82. The van der Waals surface area contributed by atoms with Crippen molar-refractivity contribution in [1.29, 1.82) is 0 Å². The fraction of sp³-hybridized carbons (Fsp3) is 0.348. The lowest BCUT2D eigenvalue weighted by Crippen LogP contribution is -2.72. The number of carbonyl (C=O) groups is 3. The second-order valence-corrected chi connectivity index (χ2v) is 9.09. The lowest BCUT2D eigenvalue weighted by Gasteiger charge is -2.51.